The number of benzene rings is 1. The van der Waals surface area contributed by atoms with E-state index in [0.717, 1.165) is 14.9 Å². The lowest BCUT2D eigenvalue weighted by Crippen LogP contribution is -2.13. The van der Waals surface area contributed by atoms with Crippen molar-refractivity contribution >= 4 is 27.3 Å². The molecule has 1 aromatic carbocycles. The van der Waals surface area contributed by atoms with Crippen molar-refractivity contribution in [1.29, 1.82) is 0 Å². The molecule has 2 nitrogen and oxygen atoms in total. The molecule has 0 fully saturated rings. The Hall–Kier alpha value is -0.710. The molecule has 1 heterocycles. The van der Waals surface area contributed by atoms with E-state index in [0.29, 0.717) is 12.8 Å². The number of aliphatic hydroxyl groups excluding tert-OH is 1. The molecular formula is C12H12BrNOS. The van der Waals surface area contributed by atoms with Gasteiger partial charge in [-0.05, 0) is 18.1 Å². The second-order valence-electron chi connectivity index (χ2n) is 3.62. The smallest absolute Gasteiger partial charge is 0.0794 e. The van der Waals surface area contributed by atoms with Crippen LogP contribution in [0.1, 0.15) is 10.4 Å². The SMILES string of the molecule is OC(Cc1cncs1)Cc1ccccc1Br. The van der Waals surface area contributed by atoms with Crippen molar-refractivity contribution in [3.05, 3.63) is 50.9 Å². The Kier molecular flexibility index (Phi) is 4.09. The number of thiazole rings is 1. The Bertz CT molecular complexity index is 444. The zero-order chi connectivity index (χ0) is 11.4. The first kappa shape index (κ1) is 11.8. The summed E-state index contributed by atoms with van der Waals surface area (Å²) in [6.07, 6.45) is 2.80. The topological polar surface area (TPSA) is 33.1 Å². The molecule has 0 spiro atoms. The summed E-state index contributed by atoms with van der Waals surface area (Å²) in [5, 5.41) is 9.96. The first-order valence-corrected chi connectivity index (χ1v) is 6.72. The molecule has 0 aliphatic rings. The first-order chi connectivity index (χ1) is 7.75. The van der Waals surface area contributed by atoms with Crippen LogP contribution >= 0.6 is 27.3 Å². The van der Waals surface area contributed by atoms with E-state index in [1.807, 2.05) is 30.5 Å². The number of hydrogen-bond donors (Lipinski definition) is 1. The van der Waals surface area contributed by atoms with Gasteiger partial charge in [-0.2, -0.15) is 0 Å². The predicted octanol–water partition coefficient (Wildman–Crippen LogP) is 3.05. The van der Waals surface area contributed by atoms with Crippen LogP contribution in [0.25, 0.3) is 0 Å². The van der Waals surface area contributed by atoms with Crippen LogP contribution in [0.2, 0.25) is 0 Å². The Balaban J connectivity index is 1.97. The number of rotatable bonds is 4. The maximum absolute atomic E-state index is 9.96. The Morgan fingerprint density at radius 2 is 2.12 bits per heavy atom. The van der Waals surface area contributed by atoms with E-state index in [-0.39, 0.29) is 6.10 Å². The van der Waals surface area contributed by atoms with Crippen molar-refractivity contribution in [1.82, 2.24) is 4.98 Å². The van der Waals surface area contributed by atoms with Crippen molar-refractivity contribution in [3.8, 4) is 0 Å². The fourth-order valence-corrected chi connectivity index (χ4v) is 2.68. The fraction of sp³-hybridized carbons (Fsp3) is 0.250. The van der Waals surface area contributed by atoms with Gasteiger partial charge in [0.1, 0.15) is 0 Å². The molecule has 1 unspecified atom stereocenters. The highest BCUT2D eigenvalue weighted by molar-refractivity contribution is 9.10. The first-order valence-electron chi connectivity index (χ1n) is 5.04. The number of hydrogen-bond acceptors (Lipinski definition) is 3. The lowest BCUT2D eigenvalue weighted by Gasteiger charge is -2.10. The van der Waals surface area contributed by atoms with E-state index < -0.39 is 0 Å². The van der Waals surface area contributed by atoms with E-state index >= 15 is 0 Å². The second-order valence-corrected chi connectivity index (χ2v) is 5.45. The highest BCUT2D eigenvalue weighted by Crippen LogP contribution is 2.19. The molecule has 84 valence electrons. The molecule has 4 heteroatoms. The van der Waals surface area contributed by atoms with E-state index in [1.54, 1.807) is 16.8 Å². The van der Waals surface area contributed by atoms with Crippen LogP contribution in [-0.2, 0) is 12.8 Å². The van der Waals surface area contributed by atoms with E-state index in [1.165, 1.54) is 0 Å². The normalized spacial score (nSPS) is 12.6. The summed E-state index contributed by atoms with van der Waals surface area (Å²) in [6, 6.07) is 7.98. The molecule has 2 aromatic rings. The second kappa shape index (κ2) is 5.57. The van der Waals surface area contributed by atoms with Crippen molar-refractivity contribution in [2.75, 3.05) is 0 Å². The third-order valence-electron chi connectivity index (χ3n) is 2.33. The summed E-state index contributed by atoms with van der Waals surface area (Å²) < 4.78 is 1.05. The molecule has 0 amide bonds. The van der Waals surface area contributed by atoms with Gasteiger partial charge in [0.25, 0.3) is 0 Å². The van der Waals surface area contributed by atoms with Gasteiger partial charge in [-0.25, -0.2) is 0 Å². The summed E-state index contributed by atoms with van der Waals surface area (Å²) >= 11 is 5.07. The van der Waals surface area contributed by atoms with E-state index in [4.69, 9.17) is 0 Å². The molecular weight excluding hydrogens is 286 g/mol. The minimum Gasteiger partial charge on any atom is -0.392 e. The van der Waals surface area contributed by atoms with Crippen LogP contribution < -0.4 is 0 Å². The fourth-order valence-electron chi connectivity index (χ4n) is 1.57. The number of aliphatic hydroxyl groups is 1. The third-order valence-corrected chi connectivity index (χ3v) is 3.91. The van der Waals surface area contributed by atoms with E-state index in [9.17, 15) is 5.11 Å². The minimum atomic E-state index is -0.348. The average Bonchev–Trinajstić information content (AvgIpc) is 2.74. The standard InChI is InChI=1S/C12H12BrNOS/c13-12-4-2-1-3-9(12)5-10(15)6-11-7-14-8-16-11/h1-4,7-8,10,15H,5-6H2. The molecule has 0 aliphatic carbocycles. The quantitative estimate of drug-likeness (QED) is 0.941. The van der Waals surface area contributed by atoms with Gasteiger partial charge in [0.05, 0.1) is 11.6 Å². The van der Waals surface area contributed by atoms with Crippen LogP contribution in [0.4, 0.5) is 0 Å². The number of aromatic nitrogens is 1. The molecule has 1 N–H and O–H groups in total. The van der Waals surface area contributed by atoms with Crippen molar-refractivity contribution < 1.29 is 5.11 Å². The van der Waals surface area contributed by atoms with Gasteiger partial charge in [-0.15, -0.1) is 11.3 Å². The highest BCUT2D eigenvalue weighted by atomic mass is 79.9. The predicted molar refractivity (Wildman–Crippen MR) is 69.7 cm³/mol. The summed E-state index contributed by atoms with van der Waals surface area (Å²) in [5.74, 6) is 0. The Morgan fingerprint density at radius 1 is 1.31 bits per heavy atom. The van der Waals surface area contributed by atoms with Gasteiger partial charge in [0.15, 0.2) is 0 Å². The van der Waals surface area contributed by atoms with Crippen LogP contribution in [0, 0.1) is 0 Å². The zero-order valence-electron chi connectivity index (χ0n) is 8.64. The third kappa shape index (κ3) is 3.14. The van der Waals surface area contributed by atoms with Gasteiger partial charge in [0.2, 0.25) is 0 Å². The molecule has 0 radical (unpaired) electrons. The highest BCUT2D eigenvalue weighted by Gasteiger charge is 2.09. The van der Waals surface area contributed by atoms with Gasteiger partial charge in [-0.1, -0.05) is 34.1 Å². The van der Waals surface area contributed by atoms with Gasteiger partial charge in [-0.3, -0.25) is 4.98 Å². The molecule has 16 heavy (non-hydrogen) atoms. The number of halogens is 1. The van der Waals surface area contributed by atoms with E-state index in [2.05, 4.69) is 20.9 Å². The molecule has 1 atom stereocenters. The summed E-state index contributed by atoms with van der Waals surface area (Å²) in [5.41, 5.74) is 2.93. The van der Waals surface area contributed by atoms with Crippen molar-refractivity contribution in [2.45, 2.75) is 18.9 Å². The molecule has 2 rings (SSSR count). The lowest BCUT2D eigenvalue weighted by molar-refractivity contribution is 0.176. The van der Waals surface area contributed by atoms with Crippen LogP contribution in [-0.4, -0.2) is 16.2 Å². The zero-order valence-corrected chi connectivity index (χ0v) is 11.0. The van der Waals surface area contributed by atoms with Crippen molar-refractivity contribution in [2.24, 2.45) is 0 Å². The van der Waals surface area contributed by atoms with Crippen molar-refractivity contribution in [3.63, 3.8) is 0 Å². The summed E-state index contributed by atoms with van der Waals surface area (Å²) in [7, 11) is 0. The van der Waals surface area contributed by atoms with Crippen LogP contribution in [0.15, 0.2) is 40.4 Å². The molecule has 0 bridgehead atoms. The average molecular weight is 298 g/mol. The molecule has 0 saturated carbocycles. The monoisotopic (exact) mass is 297 g/mol. The molecule has 0 aliphatic heterocycles. The van der Waals surface area contributed by atoms with Gasteiger partial charge < -0.3 is 5.11 Å². The van der Waals surface area contributed by atoms with Gasteiger partial charge in [0, 0.05) is 22.0 Å². The largest absolute Gasteiger partial charge is 0.392 e. The lowest BCUT2D eigenvalue weighted by atomic mass is 10.1. The van der Waals surface area contributed by atoms with Crippen LogP contribution in [0.5, 0.6) is 0 Å². The molecule has 0 saturated heterocycles. The van der Waals surface area contributed by atoms with Gasteiger partial charge >= 0.3 is 0 Å². The Labute approximate surface area is 107 Å². The maximum atomic E-state index is 9.96. The summed E-state index contributed by atoms with van der Waals surface area (Å²) in [4.78, 5) is 5.12. The molecule has 1 aromatic heterocycles. The maximum Gasteiger partial charge on any atom is 0.0794 e. The summed E-state index contributed by atoms with van der Waals surface area (Å²) in [6.45, 7) is 0. The Morgan fingerprint density at radius 3 is 2.81 bits per heavy atom. The van der Waals surface area contributed by atoms with Crippen LogP contribution in [0.3, 0.4) is 0 Å². The number of nitrogens with zero attached hydrogens (tertiary/aromatic N) is 1. The minimum absolute atomic E-state index is 0.348.